The normalized spacial score (nSPS) is 44.6. The minimum Gasteiger partial charge on any atom is -0.354 e. The lowest BCUT2D eigenvalue weighted by molar-refractivity contribution is -0.955. The van der Waals surface area contributed by atoms with Crippen LogP contribution in [-0.2, 0) is 33.4 Å². The van der Waals surface area contributed by atoms with Gasteiger partial charge in [0.25, 0.3) is 0 Å². The minimum atomic E-state index is 0.0192. The molecule has 4 bridgehead atoms. The highest BCUT2D eigenvalue weighted by atomic mass is 16.5. The van der Waals surface area contributed by atoms with E-state index in [2.05, 4.69) is 131 Å². The number of rotatable bonds is 4. The Labute approximate surface area is 342 Å². The van der Waals surface area contributed by atoms with Crippen LogP contribution < -0.4 is 9.80 Å². The highest BCUT2D eigenvalue weighted by Gasteiger charge is 2.81. The van der Waals surface area contributed by atoms with Gasteiger partial charge in [0.1, 0.15) is 50.7 Å². The zero-order chi connectivity index (χ0) is 37.6. The lowest BCUT2D eigenvalue weighted by Gasteiger charge is -2.65. The number of hydrogen-bond acceptors (Lipinski definition) is 4. The SMILES string of the molecule is C1=C2C[N+]3(Cc4ccccc4)CC[C@]45c6ccccc6N6[C@@H]7OCC=C8C[N+]9(Cc%10ccccc%10)CC[C@]%10%11c%12ccccc%12N([C@H](OC1)[C@@H]([C@H]64)[C@H]2C[C@@H]53)[C@H]%10[C@H]7[C@H]8C[C@@H]%119. The molecule has 0 aromatic heterocycles. The second kappa shape index (κ2) is 10.9. The third kappa shape index (κ3) is 3.63. The fourth-order valence-corrected chi connectivity index (χ4v) is 17.7. The summed E-state index contributed by atoms with van der Waals surface area (Å²) < 4.78 is 17.7. The lowest BCUT2D eigenvalue weighted by Crippen LogP contribution is -2.78. The summed E-state index contributed by atoms with van der Waals surface area (Å²) in [7, 11) is 0. The van der Waals surface area contributed by atoms with Gasteiger partial charge in [0.15, 0.2) is 0 Å². The van der Waals surface area contributed by atoms with E-state index < -0.39 is 0 Å². The van der Waals surface area contributed by atoms with Gasteiger partial charge in [-0.25, -0.2) is 0 Å². The summed E-state index contributed by atoms with van der Waals surface area (Å²) >= 11 is 0. The molecule has 11 aliphatic rings. The molecule has 0 radical (unpaired) electrons. The van der Waals surface area contributed by atoms with Gasteiger partial charge >= 0.3 is 0 Å². The Bertz CT molecular complexity index is 2300. The number of fused-ring (bicyclic) bond motifs is 6. The molecule has 0 amide bonds. The molecule has 6 nitrogen and oxygen atoms in total. The van der Waals surface area contributed by atoms with Gasteiger partial charge in [0, 0.05) is 71.9 Å². The standard InChI is InChI=1S/C52H54N4O2/c1-3-11-33(12-4-1)29-55-23-21-51-39-15-7-9-17-41(39)53-47(51)45-37(27-43(51)55)35(31-55)19-25-57-49(45)54-42-18-10-8-16-40(42)52-22-24-56(30-34-13-5-2-6-14-34)32-36-20-26-58-50(53)46(48(52)54)38(36)28-44(52)56/h1-20,37-38,43-50H,21-32H2/q+2/t37-,38-,43-,44-,45+,46+,47-,48-,49+,50+,51+,52+,55?,56?/m0/s1. The number of quaternary nitrogens is 2. The van der Waals surface area contributed by atoms with Crippen molar-refractivity contribution in [1.29, 1.82) is 0 Å². The second-order valence-electron chi connectivity index (χ2n) is 20.7. The Morgan fingerprint density at radius 1 is 0.534 bits per heavy atom. The van der Waals surface area contributed by atoms with Crippen molar-refractivity contribution in [3.05, 3.63) is 155 Å². The third-order valence-electron chi connectivity index (χ3n) is 19.1. The topological polar surface area (TPSA) is 24.9 Å². The van der Waals surface area contributed by atoms with Crippen molar-refractivity contribution in [2.75, 3.05) is 49.2 Å². The van der Waals surface area contributed by atoms with Crippen molar-refractivity contribution in [2.24, 2.45) is 23.7 Å². The Balaban J connectivity index is 0.978. The number of para-hydroxylation sites is 2. The van der Waals surface area contributed by atoms with E-state index in [-0.39, 0.29) is 23.3 Å². The molecule has 4 aromatic rings. The van der Waals surface area contributed by atoms with Crippen LogP contribution in [0.1, 0.15) is 47.9 Å². The van der Waals surface area contributed by atoms with Gasteiger partial charge in [-0.3, -0.25) is 0 Å². The van der Waals surface area contributed by atoms with Crippen LogP contribution in [0.25, 0.3) is 0 Å². The number of anilines is 2. The molecule has 5 saturated heterocycles. The van der Waals surface area contributed by atoms with Crippen molar-refractivity contribution >= 4 is 11.4 Å². The van der Waals surface area contributed by atoms with Crippen LogP contribution in [0.4, 0.5) is 11.4 Å². The first-order valence-corrected chi connectivity index (χ1v) is 22.8. The van der Waals surface area contributed by atoms with Crippen molar-refractivity contribution in [2.45, 2.75) is 86.2 Å². The first-order valence-electron chi connectivity index (χ1n) is 22.8. The van der Waals surface area contributed by atoms with Crippen molar-refractivity contribution < 1.29 is 18.4 Å². The van der Waals surface area contributed by atoms with Crippen LogP contribution in [0.3, 0.4) is 0 Å². The Morgan fingerprint density at radius 2 is 0.966 bits per heavy atom. The summed E-state index contributed by atoms with van der Waals surface area (Å²) in [4.78, 5) is 6.02. The van der Waals surface area contributed by atoms with Crippen LogP contribution in [0.15, 0.2) is 132 Å². The molecule has 2 unspecified atom stereocenters. The smallest absolute Gasteiger partial charge is 0.136 e. The minimum absolute atomic E-state index is 0.0192. The molecule has 14 atom stereocenters. The maximum absolute atomic E-state index is 7.66. The van der Waals surface area contributed by atoms with Gasteiger partial charge in [-0.1, -0.05) is 109 Å². The van der Waals surface area contributed by atoms with Crippen LogP contribution in [0.5, 0.6) is 0 Å². The van der Waals surface area contributed by atoms with E-state index >= 15 is 0 Å². The predicted molar refractivity (Wildman–Crippen MR) is 225 cm³/mol. The summed E-state index contributed by atoms with van der Waals surface area (Å²) in [5.74, 6) is 1.72. The van der Waals surface area contributed by atoms with Crippen LogP contribution >= 0.6 is 0 Å². The first-order chi connectivity index (χ1) is 28.6. The fourth-order valence-electron chi connectivity index (χ4n) is 17.7. The van der Waals surface area contributed by atoms with E-state index in [1.54, 1.807) is 22.3 Å². The van der Waals surface area contributed by atoms with E-state index in [1.807, 2.05) is 0 Å². The Morgan fingerprint density at radius 3 is 1.43 bits per heavy atom. The Kier molecular flexibility index (Phi) is 6.15. The van der Waals surface area contributed by atoms with E-state index in [9.17, 15) is 0 Å². The first kappa shape index (κ1) is 32.6. The van der Waals surface area contributed by atoms with E-state index in [1.165, 1.54) is 70.2 Å². The molecule has 9 heterocycles. The summed E-state index contributed by atoms with van der Waals surface area (Å²) in [5.41, 5.74) is 12.7. The third-order valence-corrected chi connectivity index (χ3v) is 19.1. The van der Waals surface area contributed by atoms with E-state index in [0.717, 1.165) is 26.2 Å². The molecule has 15 rings (SSSR count). The van der Waals surface area contributed by atoms with Crippen LogP contribution in [0, 0.1) is 23.7 Å². The molecule has 2 saturated carbocycles. The summed E-state index contributed by atoms with van der Waals surface area (Å²) in [6, 6.07) is 44.4. The van der Waals surface area contributed by atoms with Gasteiger partial charge in [-0.2, -0.15) is 0 Å². The maximum atomic E-state index is 7.66. The molecule has 4 aromatic carbocycles. The van der Waals surface area contributed by atoms with Crippen LogP contribution in [-0.4, -0.2) is 85.0 Å². The lowest BCUT2D eigenvalue weighted by atomic mass is 9.52. The van der Waals surface area contributed by atoms with Gasteiger partial charge in [0.05, 0.1) is 49.2 Å². The largest absolute Gasteiger partial charge is 0.354 e. The average Bonchev–Trinajstić information content (AvgIpc) is 3.87. The quantitative estimate of drug-likeness (QED) is 0.157. The number of benzene rings is 4. The maximum Gasteiger partial charge on any atom is 0.136 e. The zero-order valence-corrected chi connectivity index (χ0v) is 33.4. The average molecular weight is 767 g/mol. The zero-order valence-electron chi connectivity index (χ0n) is 33.4. The van der Waals surface area contributed by atoms with Crippen molar-refractivity contribution in [3.63, 3.8) is 0 Å². The molecular weight excluding hydrogens is 713 g/mol. The van der Waals surface area contributed by atoms with Gasteiger partial charge < -0.3 is 28.2 Å². The molecule has 6 heteroatoms. The Hall–Kier alpha value is -4.20. The van der Waals surface area contributed by atoms with E-state index in [4.69, 9.17) is 9.47 Å². The second-order valence-corrected chi connectivity index (χ2v) is 20.7. The molecular formula is C52H54N4O2+2. The number of hydrogen-bond donors (Lipinski definition) is 0. The summed E-state index contributed by atoms with van der Waals surface area (Å²) in [6.07, 6.45) is 10.2. The van der Waals surface area contributed by atoms with Crippen molar-refractivity contribution in [3.8, 4) is 0 Å². The highest BCUT2D eigenvalue weighted by Crippen LogP contribution is 2.73. The van der Waals surface area contributed by atoms with Gasteiger partial charge in [-0.05, 0) is 34.4 Å². The van der Waals surface area contributed by atoms with E-state index in [0.29, 0.717) is 61.1 Å². The van der Waals surface area contributed by atoms with Gasteiger partial charge in [0.2, 0.25) is 0 Å². The summed E-state index contributed by atoms with van der Waals surface area (Å²) in [6.45, 7) is 8.47. The van der Waals surface area contributed by atoms with Crippen molar-refractivity contribution in [1.82, 2.24) is 0 Å². The van der Waals surface area contributed by atoms with Gasteiger partial charge in [-0.15, -0.1) is 0 Å². The number of piperidine rings is 2. The monoisotopic (exact) mass is 766 g/mol. The molecule has 7 fully saturated rings. The molecule has 58 heavy (non-hydrogen) atoms. The molecule has 292 valence electrons. The van der Waals surface area contributed by atoms with Crippen LogP contribution in [0.2, 0.25) is 0 Å². The highest BCUT2D eigenvalue weighted by molar-refractivity contribution is 5.72. The fraction of sp³-hybridized carbons (Fsp3) is 0.462. The molecule has 2 spiro atoms. The number of ether oxygens (including phenoxy) is 2. The molecule has 0 N–H and O–H groups in total. The predicted octanol–water partition coefficient (Wildman–Crippen LogP) is 7.70. The molecule has 2 aliphatic carbocycles. The molecule has 9 aliphatic heterocycles. The number of nitrogens with zero attached hydrogens (tertiary/aromatic N) is 4. The summed E-state index contributed by atoms with van der Waals surface area (Å²) in [5, 5.41) is 0.